The molecule has 104 valence electrons. The highest BCUT2D eigenvalue weighted by Crippen LogP contribution is 2.33. The fourth-order valence-electron chi connectivity index (χ4n) is 2.78. The number of benzene rings is 1. The zero-order valence-corrected chi connectivity index (χ0v) is 11.8. The van der Waals surface area contributed by atoms with Crippen LogP contribution in [0.15, 0.2) is 24.3 Å². The van der Waals surface area contributed by atoms with Crippen LogP contribution in [0.2, 0.25) is 0 Å². The normalized spacial score (nSPS) is 20.2. The summed E-state index contributed by atoms with van der Waals surface area (Å²) in [6.45, 7) is 6.09. The molecule has 1 saturated heterocycles. The number of phenols is 1. The number of Topliss-reactive ketones (excluding diaryl/α,β-unsaturated/α-hetero) is 1. The minimum absolute atomic E-state index is 0.224. The Morgan fingerprint density at radius 1 is 1.47 bits per heavy atom. The number of carbonyl (C=O) groups is 1. The number of phenolic OH excluding ortho intramolecular Hbond substituents is 1. The van der Waals surface area contributed by atoms with Crippen molar-refractivity contribution in [2.75, 3.05) is 13.1 Å². The van der Waals surface area contributed by atoms with E-state index in [-0.39, 0.29) is 16.9 Å². The number of hydrogen-bond acceptors (Lipinski definition) is 3. The summed E-state index contributed by atoms with van der Waals surface area (Å²) in [4.78, 5) is 12.5. The van der Waals surface area contributed by atoms with Gasteiger partial charge in [-0.15, -0.1) is 0 Å². The molecular weight excluding hydrogens is 238 g/mol. The quantitative estimate of drug-likeness (QED) is 0.875. The Labute approximate surface area is 115 Å². The van der Waals surface area contributed by atoms with Crippen LogP contribution in [0.4, 0.5) is 0 Å². The lowest BCUT2D eigenvalue weighted by molar-refractivity contribution is -0.129. The largest absolute Gasteiger partial charge is 0.508 e. The minimum atomic E-state index is -0.307. The molecule has 2 N–H and O–H groups in total. The van der Waals surface area contributed by atoms with Crippen molar-refractivity contribution in [1.29, 1.82) is 0 Å². The zero-order chi connectivity index (χ0) is 13.9. The van der Waals surface area contributed by atoms with Crippen molar-refractivity contribution < 1.29 is 9.90 Å². The summed E-state index contributed by atoms with van der Waals surface area (Å²) in [6, 6.07) is 6.98. The maximum atomic E-state index is 12.5. The van der Waals surface area contributed by atoms with Crippen LogP contribution in [-0.2, 0) is 11.2 Å². The lowest BCUT2D eigenvalue weighted by Gasteiger charge is -2.36. The van der Waals surface area contributed by atoms with E-state index in [1.165, 1.54) is 0 Å². The third-order valence-electron chi connectivity index (χ3n) is 4.31. The molecule has 1 atom stereocenters. The van der Waals surface area contributed by atoms with Crippen LogP contribution in [0.1, 0.15) is 32.3 Å². The van der Waals surface area contributed by atoms with E-state index in [0.29, 0.717) is 12.3 Å². The molecule has 0 aromatic heterocycles. The molecule has 1 heterocycles. The molecule has 0 spiro atoms. The van der Waals surface area contributed by atoms with Gasteiger partial charge in [0.2, 0.25) is 0 Å². The number of aromatic hydroxyl groups is 1. The molecule has 0 aliphatic carbocycles. The second-order valence-corrected chi connectivity index (χ2v) is 6.03. The van der Waals surface area contributed by atoms with Crippen molar-refractivity contribution >= 4 is 5.78 Å². The molecule has 1 fully saturated rings. The third kappa shape index (κ3) is 3.35. The van der Waals surface area contributed by atoms with Gasteiger partial charge in [-0.05, 0) is 49.5 Å². The number of rotatable bonds is 4. The second-order valence-electron chi connectivity index (χ2n) is 6.03. The molecule has 2 rings (SSSR count). The van der Waals surface area contributed by atoms with Crippen LogP contribution in [0.3, 0.4) is 0 Å². The van der Waals surface area contributed by atoms with Gasteiger partial charge in [-0.3, -0.25) is 4.79 Å². The average molecular weight is 261 g/mol. The van der Waals surface area contributed by atoms with Gasteiger partial charge in [-0.1, -0.05) is 26.0 Å². The summed E-state index contributed by atoms with van der Waals surface area (Å²) in [7, 11) is 0. The first-order valence-corrected chi connectivity index (χ1v) is 7.02. The predicted molar refractivity (Wildman–Crippen MR) is 76.2 cm³/mol. The maximum Gasteiger partial charge on any atom is 0.143 e. The van der Waals surface area contributed by atoms with Gasteiger partial charge in [-0.2, -0.15) is 0 Å². The molecule has 0 radical (unpaired) electrons. The Balaban J connectivity index is 2.05. The van der Waals surface area contributed by atoms with Gasteiger partial charge in [0.25, 0.3) is 0 Å². The Bertz CT molecular complexity index is 448. The molecule has 1 aromatic rings. The van der Waals surface area contributed by atoms with Gasteiger partial charge in [0.05, 0.1) is 0 Å². The van der Waals surface area contributed by atoms with Crippen molar-refractivity contribution in [3.05, 3.63) is 29.8 Å². The van der Waals surface area contributed by atoms with Crippen LogP contribution in [0, 0.1) is 11.3 Å². The van der Waals surface area contributed by atoms with Gasteiger partial charge in [0.15, 0.2) is 0 Å². The van der Waals surface area contributed by atoms with E-state index in [1.54, 1.807) is 18.2 Å². The minimum Gasteiger partial charge on any atom is -0.508 e. The Hall–Kier alpha value is -1.35. The van der Waals surface area contributed by atoms with Crippen molar-refractivity contribution in [1.82, 2.24) is 5.32 Å². The summed E-state index contributed by atoms with van der Waals surface area (Å²) in [6.07, 6.45) is 2.66. The Kier molecular flexibility index (Phi) is 4.25. The number of ketones is 1. The molecule has 0 bridgehead atoms. The van der Waals surface area contributed by atoms with Gasteiger partial charge in [-0.25, -0.2) is 0 Å². The molecular formula is C16H23NO2. The smallest absolute Gasteiger partial charge is 0.143 e. The highest BCUT2D eigenvalue weighted by atomic mass is 16.3. The van der Waals surface area contributed by atoms with Crippen molar-refractivity contribution in [3.8, 4) is 5.75 Å². The topological polar surface area (TPSA) is 49.3 Å². The molecule has 1 aliphatic heterocycles. The molecule has 1 aliphatic rings. The van der Waals surface area contributed by atoms with Gasteiger partial charge in [0, 0.05) is 11.8 Å². The SMILES string of the molecule is CC(C)(C(=O)Cc1cccc(O)c1)C1CCCNC1. The van der Waals surface area contributed by atoms with Crippen LogP contribution >= 0.6 is 0 Å². The highest BCUT2D eigenvalue weighted by molar-refractivity contribution is 5.86. The third-order valence-corrected chi connectivity index (χ3v) is 4.31. The first-order valence-electron chi connectivity index (χ1n) is 7.02. The van der Waals surface area contributed by atoms with E-state index < -0.39 is 0 Å². The van der Waals surface area contributed by atoms with E-state index >= 15 is 0 Å². The van der Waals surface area contributed by atoms with Gasteiger partial charge < -0.3 is 10.4 Å². The lowest BCUT2D eigenvalue weighted by atomic mass is 9.71. The zero-order valence-electron chi connectivity index (χ0n) is 11.8. The summed E-state index contributed by atoms with van der Waals surface area (Å²) in [5.74, 6) is 0.889. The average Bonchev–Trinajstić information content (AvgIpc) is 2.39. The van der Waals surface area contributed by atoms with Crippen LogP contribution in [0.25, 0.3) is 0 Å². The summed E-state index contributed by atoms with van der Waals surface area (Å²) in [5.41, 5.74) is 0.584. The molecule has 0 amide bonds. The van der Waals surface area contributed by atoms with E-state index in [4.69, 9.17) is 0 Å². The van der Waals surface area contributed by atoms with Crippen LogP contribution in [0.5, 0.6) is 5.75 Å². The van der Waals surface area contributed by atoms with E-state index in [2.05, 4.69) is 19.2 Å². The summed E-state index contributed by atoms with van der Waals surface area (Å²) in [5, 5.41) is 12.8. The second kappa shape index (κ2) is 5.74. The standard InChI is InChI=1S/C16H23NO2/c1-16(2,13-6-4-8-17-11-13)15(19)10-12-5-3-7-14(18)9-12/h3,5,7,9,13,17-18H,4,6,8,10-11H2,1-2H3. The van der Waals surface area contributed by atoms with E-state index in [9.17, 15) is 9.90 Å². The molecule has 19 heavy (non-hydrogen) atoms. The first kappa shape index (κ1) is 14.1. The van der Waals surface area contributed by atoms with Crippen LogP contribution in [-0.4, -0.2) is 24.0 Å². The molecule has 3 nitrogen and oxygen atoms in total. The van der Waals surface area contributed by atoms with Gasteiger partial charge in [0.1, 0.15) is 11.5 Å². The van der Waals surface area contributed by atoms with Crippen molar-refractivity contribution in [2.24, 2.45) is 11.3 Å². The number of hydrogen-bond donors (Lipinski definition) is 2. The van der Waals surface area contributed by atoms with Crippen molar-refractivity contribution in [2.45, 2.75) is 33.1 Å². The Morgan fingerprint density at radius 2 is 2.26 bits per heavy atom. The highest BCUT2D eigenvalue weighted by Gasteiger charge is 2.36. The summed E-state index contributed by atoms with van der Waals surface area (Å²) < 4.78 is 0. The van der Waals surface area contributed by atoms with Gasteiger partial charge >= 0.3 is 0 Å². The number of carbonyl (C=O) groups excluding carboxylic acids is 1. The van der Waals surface area contributed by atoms with Crippen molar-refractivity contribution in [3.63, 3.8) is 0 Å². The lowest BCUT2D eigenvalue weighted by Crippen LogP contribution is -2.43. The molecule has 3 heteroatoms. The fraction of sp³-hybridized carbons (Fsp3) is 0.562. The number of nitrogens with one attached hydrogen (secondary N) is 1. The Morgan fingerprint density at radius 3 is 2.89 bits per heavy atom. The van der Waals surface area contributed by atoms with E-state index in [0.717, 1.165) is 31.5 Å². The number of piperidine rings is 1. The molecule has 1 unspecified atom stereocenters. The predicted octanol–water partition coefficient (Wildman–Crippen LogP) is 2.53. The fourth-order valence-corrected chi connectivity index (χ4v) is 2.78. The monoisotopic (exact) mass is 261 g/mol. The summed E-state index contributed by atoms with van der Waals surface area (Å²) >= 11 is 0. The maximum absolute atomic E-state index is 12.5. The molecule has 1 aromatic carbocycles. The molecule has 0 saturated carbocycles. The van der Waals surface area contributed by atoms with E-state index in [1.807, 2.05) is 6.07 Å². The van der Waals surface area contributed by atoms with Crippen LogP contribution < -0.4 is 5.32 Å². The first-order chi connectivity index (χ1) is 9.00.